The zero-order chi connectivity index (χ0) is 14.8. The van der Waals surface area contributed by atoms with Crippen LogP contribution in [-0.4, -0.2) is 6.04 Å². The Balaban J connectivity index is 1.93. The molecule has 0 bridgehead atoms. The number of benzene rings is 1. The van der Waals surface area contributed by atoms with Gasteiger partial charge in [0.05, 0.1) is 15.7 Å². The minimum atomic E-state index is 0.471. The van der Waals surface area contributed by atoms with Crippen LogP contribution in [0.4, 0.5) is 5.69 Å². The summed E-state index contributed by atoms with van der Waals surface area (Å²) in [5.41, 5.74) is 1.44. The second kappa shape index (κ2) is 6.58. The van der Waals surface area contributed by atoms with E-state index >= 15 is 0 Å². The first-order valence-corrected chi connectivity index (χ1v) is 8.40. The summed E-state index contributed by atoms with van der Waals surface area (Å²) in [6.45, 7) is 7.11. The summed E-state index contributed by atoms with van der Waals surface area (Å²) in [6.07, 6.45) is 6.30. The molecule has 0 amide bonds. The van der Waals surface area contributed by atoms with Gasteiger partial charge in [0, 0.05) is 6.04 Å². The maximum absolute atomic E-state index is 6.24. The number of hydrogen-bond donors (Lipinski definition) is 1. The first-order chi connectivity index (χ1) is 9.44. The Hall–Kier alpha value is -0.400. The molecule has 0 aromatic heterocycles. The molecule has 1 aliphatic carbocycles. The van der Waals surface area contributed by atoms with Gasteiger partial charge in [0.2, 0.25) is 0 Å². The van der Waals surface area contributed by atoms with Crippen LogP contribution >= 0.6 is 23.2 Å². The molecule has 0 atom stereocenters. The van der Waals surface area contributed by atoms with Gasteiger partial charge in [0.25, 0.3) is 0 Å². The van der Waals surface area contributed by atoms with E-state index in [0.717, 1.165) is 11.6 Å². The van der Waals surface area contributed by atoms with Crippen LogP contribution in [0.25, 0.3) is 0 Å². The van der Waals surface area contributed by atoms with Gasteiger partial charge in [-0.3, -0.25) is 0 Å². The van der Waals surface area contributed by atoms with Crippen molar-refractivity contribution in [2.75, 3.05) is 5.32 Å². The highest BCUT2D eigenvalue weighted by atomic mass is 35.5. The van der Waals surface area contributed by atoms with E-state index in [4.69, 9.17) is 23.2 Å². The van der Waals surface area contributed by atoms with Crippen molar-refractivity contribution in [2.45, 2.75) is 58.9 Å². The molecule has 0 heterocycles. The molecule has 3 heteroatoms. The molecule has 1 aromatic rings. The third-order valence-electron chi connectivity index (χ3n) is 5.05. The molecule has 1 saturated carbocycles. The van der Waals surface area contributed by atoms with E-state index in [1.165, 1.54) is 32.1 Å². The van der Waals surface area contributed by atoms with E-state index in [0.29, 0.717) is 21.5 Å². The molecule has 1 aromatic carbocycles. The summed E-state index contributed by atoms with van der Waals surface area (Å²) in [5.74, 6) is 0.848. The van der Waals surface area contributed by atoms with Crippen LogP contribution in [0.15, 0.2) is 18.2 Å². The average molecular weight is 314 g/mol. The number of anilines is 1. The lowest BCUT2D eigenvalue weighted by atomic mass is 9.69. The lowest BCUT2D eigenvalue weighted by molar-refractivity contribution is 0.147. The molecule has 0 aliphatic heterocycles. The first-order valence-electron chi connectivity index (χ1n) is 7.64. The molecule has 0 unspecified atom stereocenters. The molecule has 20 heavy (non-hydrogen) atoms. The summed E-state index contributed by atoms with van der Waals surface area (Å²) >= 11 is 12.3. The van der Waals surface area contributed by atoms with Crippen LogP contribution < -0.4 is 5.32 Å². The Morgan fingerprint density at radius 2 is 1.80 bits per heavy atom. The summed E-state index contributed by atoms with van der Waals surface area (Å²) in [5, 5.41) is 4.83. The van der Waals surface area contributed by atoms with Crippen molar-refractivity contribution in [3.63, 3.8) is 0 Å². The largest absolute Gasteiger partial charge is 0.381 e. The third-order valence-corrected chi connectivity index (χ3v) is 5.87. The monoisotopic (exact) mass is 313 g/mol. The average Bonchev–Trinajstić information content (AvgIpc) is 2.44. The normalized spacial score (nSPS) is 23.6. The molecule has 1 fully saturated rings. The van der Waals surface area contributed by atoms with E-state index in [1.54, 1.807) is 0 Å². The fraction of sp³-hybridized carbons (Fsp3) is 0.647. The van der Waals surface area contributed by atoms with Gasteiger partial charge >= 0.3 is 0 Å². The molecule has 0 radical (unpaired) electrons. The number of hydrogen-bond acceptors (Lipinski definition) is 1. The fourth-order valence-electron chi connectivity index (χ4n) is 3.14. The molecule has 1 aliphatic rings. The van der Waals surface area contributed by atoms with Gasteiger partial charge in [-0.05, 0) is 49.1 Å². The van der Waals surface area contributed by atoms with Crippen LogP contribution in [0.5, 0.6) is 0 Å². The molecule has 2 rings (SSSR count). The summed E-state index contributed by atoms with van der Waals surface area (Å²) in [7, 11) is 0. The molecule has 1 N–H and O–H groups in total. The fourth-order valence-corrected chi connectivity index (χ4v) is 3.50. The Morgan fingerprint density at radius 1 is 1.15 bits per heavy atom. The topological polar surface area (TPSA) is 12.0 Å². The minimum Gasteiger partial charge on any atom is -0.381 e. The van der Waals surface area contributed by atoms with E-state index in [1.807, 2.05) is 18.2 Å². The van der Waals surface area contributed by atoms with E-state index in [2.05, 4.69) is 26.1 Å². The molecule has 0 spiro atoms. The Morgan fingerprint density at radius 3 is 2.40 bits per heavy atom. The standard InChI is InChI=1S/C17H25Cl2N/c1-4-17(2,3)12-8-10-13(11-9-12)20-15-7-5-6-14(18)16(15)19/h5-7,12-13,20H,4,8-11H2,1-3H3. The van der Waals surface area contributed by atoms with Gasteiger partial charge < -0.3 is 5.32 Å². The van der Waals surface area contributed by atoms with Crippen molar-refractivity contribution in [3.05, 3.63) is 28.2 Å². The van der Waals surface area contributed by atoms with Crippen molar-refractivity contribution in [3.8, 4) is 0 Å². The summed E-state index contributed by atoms with van der Waals surface area (Å²) in [6, 6.07) is 6.31. The van der Waals surface area contributed by atoms with Gasteiger partial charge in [-0.1, -0.05) is 56.5 Å². The van der Waals surface area contributed by atoms with Gasteiger partial charge in [-0.2, -0.15) is 0 Å². The number of rotatable bonds is 4. The second-order valence-electron chi connectivity index (χ2n) is 6.64. The zero-order valence-corrected chi connectivity index (χ0v) is 14.2. The number of halogens is 2. The van der Waals surface area contributed by atoms with Gasteiger partial charge in [0.1, 0.15) is 0 Å². The third kappa shape index (κ3) is 3.62. The molecular formula is C17H25Cl2N. The summed E-state index contributed by atoms with van der Waals surface area (Å²) in [4.78, 5) is 0. The van der Waals surface area contributed by atoms with E-state index < -0.39 is 0 Å². The van der Waals surface area contributed by atoms with Gasteiger partial charge in [0.15, 0.2) is 0 Å². The zero-order valence-electron chi connectivity index (χ0n) is 12.7. The van der Waals surface area contributed by atoms with Crippen molar-refractivity contribution in [1.29, 1.82) is 0 Å². The van der Waals surface area contributed by atoms with Gasteiger partial charge in [-0.25, -0.2) is 0 Å². The van der Waals surface area contributed by atoms with Crippen molar-refractivity contribution < 1.29 is 0 Å². The van der Waals surface area contributed by atoms with Crippen molar-refractivity contribution in [2.24, 2.45) is 11.3 Å². The highest BCUT2D eigenvalue weighted by Gasteiger charge is 2.31. The van der Waals surface area contributed by atoms with E-state index in [-0.39, 0.29) is 0 Å². The molecule has 1 nitrogen and oxygen atoms in total. The van der Waals surface area contributed by atoms with Crippen LogP contribution in [0.2, 0.25) is 10.0 Å². The Labute approximate surface area is 133 Å². The number of nitrogens with one attached hydrogen (secondary N) is 1. The lowest BCUT2D eigenvalue weighted by Crippen LogP contribution is -2.32. The summed E-state index contributed by atoms with van der Waals surface area (Å²) < 4.78 is 0. The molecule has 112 valence electrons. The lowest BCUT2D eigenvalue weighted by Gasteiger charge is -2.39. The maximum Gasteiger partial charge on any atom is 0.0823 e. The highest BCUT2D eigenvalue weighted by molar-refractivity contribution is 6.43. The van der Waals surface area contributed by atoms with Crippen molar-refractivity contribution >= 4 is 28.9 Å². The van der Waals surface area contributed by atoms with Crippen LogP contribution in [0.3, 0.4) is 0 Å². The van der Waals surface area contributed by atoms with Crippen LogP contribution in [0.1, 0.15) is 52.9 Å². The second-order valence-corrected chi connectivity index (χ2v) is 7.42. The maximum atomic E-state index is 6.24. The Kier molecular flexibility index (Phi) is 5.25. The Bertz CT molecular complexity index is 448. The smallest absolute Gasteiger partial charge is 0.0823 e. The predicted octanol–water partition coefficient (Wildman–Crippen LogP) is 6.40. The molecule has 0 saturated heterocycles. The highest BCUT2D eigenvalue weighted by Crippen LogP contribution is 2.41. The van der Waals surface area contributed by atoms with Crippen LogP contribution in [0, 0.1) is 11.3 Å². The SMILES string of the molecule is CCC(C)(C)C1CCC(Nc2cccc(Cl)c2Cl)CC1. The van der Waals surface area contributed by atoms with Gasteiger partial charge in [-0.15, -0.1) is 0 Å². The van der Waals surface area contributed by atoms with Crippen LogP contribution in [-0.2, 0) is 0 Å². The molecular weight excluding hydrogens is 289 g/mol. The quantitative estimate of drug-likeness (QED) is 0.678. The minimum absolute atomic E-state index is 0.471. The predicted molar refractivity (Wildman–Crippen MR) is 89.9 cm³/mol. The first kappa shape index (κ1) is 16.0. The van der Waals surface area contributed by atoms with Crippen molar-refractivity contribution in [1.82, 2.24) is 0 Å². The van der Waals surface area contributed by atoms with E-state index in [9.17, 15) is 0 Å².